The summed E-state index contributed by atoms with van der Waals surface area (Å²) in [6.45, 7) is 6.74. The third-order valence-electron chi connectivity index (χ3n) is 5.34. The molecule has 5 aromatic rings. The Bertz CT molecular complexity index is 1370. The van der Waals surface area contributed by atoms with Crippen molar-refractivity contribution in [3.63, 3.8) is 0 Å². The lowest BCUT2D eigenvalue weighted by Crippen LogP contribution is -1.99. The van der Waals surface area contributed by atoms with Crippen LogP contribution in [-0.2, 0) is 0 Å². The summed E-state index contributed by atoms with van der Waals surface area (Å²) < 4.78 is 22.6. The fourth-order valence-corrected chi connectivity index (χ4v) is 3.76. The van der Waals surface area contributed by atoms with Crippen molar-refractivity contribution in [3.05, 3.63) is 71.9 Å². The first-order valence-corrected chi connectivity index (χ1v) is 9.79. The van der Waals surface area contributed by atoms with Gasteiger partial charge in [-0.05, 0) is 74.9 Å². The molecule has 3 heterocycles. The minimum Gasteiger partial charge on any atom is -0.494 e. The van der Waals surface area contributed by atoms with Crippen LogP contribution in [0.5, 0.6) is 5.75 Å². The van der Waals surface area contributed by atoms with Crippen LogP contribution in [0.4, 0.5) is 4.39 Å². The van der Waals surface area contributed by atoms with Crippen LogP contribution in [0.1, 0.15) is 18.2 Å². The molecule has 3 aromatic heterocycles. The summed E-state index contributed by atoms with van der Waals surface area (Å²) in [5.41, 5.74) is 5.48. The maximum absolute atomic E-state index is 13.3. The summed E-state index contributed by atoms with van der Waals surface area (Å²) in [5, 5.41) is 5.49. The van der Waals surface area contributed by atoms with E-state index in [-0.39, 0.29) is 5.82 Å². The Hall–Kier alpha value is -3.74. The van der Waals surface area contributed by atoms with Crippen LogP contribution < -0.4 is 4.74 Å². The van der Waals surface area contributed by atoms with Crippen LogP contribution in [0, 0.1) is 19.7 Å². The summed E-state index contributed by atoms with van der Waals surface area (Å²) in [5.74, 6) is 1.09. The molecule has 2 aromatic carbocycles. The monoisotopic (exact) mass is 401 g/mol. The molecule has 0 atom stereocenters. The fraction of sp³-hybridized carbons (Fsp3) is 0.174. The van der Waals surface area contributed by atoms with Crippen molar-refractivity contribution in [2.45, 2.75) is 20.8 Å². The minimum atomic E-state index is -0.287. The quantitative estimate of drug-likeness (QED) is 0.430. The van der Waals surface area contributed by atoms with Crippen molar-refractivity contribution >= 4 is 16.7 Å². The van der Waals surface area contributed by atoms with Gasteiger partial charge in [-0.2, -0.15) is 0 Å². The normalized spacial score (nSPS) is 11.5. The molecule has 0 radical (unpaired) electrons. The third-order valence-corrected chi connectivity index (χ3v) is 5.34. The number of ether oxygens (including phenoxy) is 1. The molecule has 0 fully saturated rings. The number of nitrogens with zero attached hydrogens (tertiary/aromatic N) is 5. The number of aryl methyl sites for hydroxylation is 1. The first kappa shape index (κ1) is 18.3. The Morgan fingerprint density at radius 2 is 1.70 bits per heavy atom. The van der Waals surface area contributed by atoms with Gasteiger partial charge < -0.3 is 4.74 Å². The Labute approximate surface area is 172 Å². The van der Waals surface area contributed by atoms with Crippen LogP contribution in [0.15, 0.2) is 54.9 Å². The summed E-state index contributed by atoms with van der Waals surface area (Å²) in [6.07, 6.45) is 1.67. The van der Waals surface area contributed by atoms with E-state index in [1.165, 1.54) is 12.1 Å². The summed E-state index contributed by atoms with van der Waals surface area (Å²) in [4.78, 5) is 9.42. The van der Waals surface area contributed by atoms with E-state index in [1.807, 2.05) is 31.2 Å². The van der Waals surface area contributed by atoms with Gasteiger partial charge in [-0.3, -0.25) is 4.57 Å². The van der Waals surface area contributed by atoms with Gasteiger partial charge in [0.05, 0.1) is 12.0 Å². The van der Waals surface area contributed by atoms with Crippen LogP contribution in [0.3, 0.4) is 0 Å². The van der Waals surface area contributed by atoms with Gasteiger partial charge in [0.15, 0.2) is 17.1 Å². The second-order valence-corrected chi connectivity index (χ2v) is 7.13. The number of aromatic nitrogens is 5. The van der Waals surface area contributed by atoms with Gasteiger partial charge in [0.25, 0.3) is 0 Å². The van der Waals surface area contributed by atoms with E-state index in [0.29, 0.717) is 12.4 Å². The van der Waals surface area contributed by atoms with Gasteiger partial charge in [-0.1, -0.05) is 0 Å². The van der Waals surface area contributed by atoms with Crippen molar-refractivity contribution in [3.8, 4) is 22.8 Å². The van der Waals surface area contributed by atoms with E-state index in [4.69, 9.17) is 9.72 Å². The molecule has 0 aliphatic rings. The Morgan fingerprint density at radius 1 is 0.967 bits per heavy atom. The zero-order valence-corrected chi connectivity index (χ0v) is 16.9. The number of rotatable bonds is 4. The second kappa shape index (κ2) is 6.95. The highest BCUT2D eigenvalue weighted by Crippen LogP contribution is 2.31. The lowest BCUT2D eigenvalue weighted by atomic mass is 10.2. The molecule has 7 heteroatoms. The molecule has 0 N–H and O–H groups in total. The van der Waals surface area contributed by atoms with Crippen LogP contribution in [0.25, 0.3) is 33.8 Å². The van der Waals surface area contributed by atoms with Gasteiger partial charge in [0.1, 0.15) is 17.9 Å². The summed E-state index contributed by atoms with van der Waals surface area (Å²) in [7, 11) is 0. The van der Waals surface area contributed by atoms with Crippen molar-refractivity contribution in [2.24, 2.45) is 0 Å². The van der Waals surface area contributed by atoms with Gasteiger partial charge in [-0.15, -0.1) is 5.10 Å². The fourth-order valence-electron chi connectivity index (χ4n) is 3.76. The van der Waals surface area contributed by atoms with Crippen LogP contribution >= 0.6 is 0 Å². The van der Waals surface area contributed by atoms with E-state index in [0.717, 1.165) is 44.9 Å². The van der Waals surface area contributed by atoms with Crippen molar-refractivity contribution in [1.29, 1.82) is 0 Å². The van der Waals surface area contributed by atoms with E-state index >= 15 is 0 Å². The molecule has 150 valence electrons. The average Bonchev–Trinajstić information content (AvgIpc) is 3.29. The molecule has 0 aliphatic carbocycles. The third kappa shape index (κ3) is 2.82. The maximum atomic E-state index is 13.3. The molecule has 30 heavy (non-hydrogen) atoms. The smallest absolute Gasteiger partial charge is 0.182 e. The molecule has 0 saturated carbocycles. The lowest BCUT2D eigenvalue weighted by Gasteiger charge is -2.09. The average molecular weight is 401 g/mol. The number of fused-ring (bicyclic) bond motifs is 3. The second-order valence-electron chi connectivity index (χ2n) is 7.13. The molecule has 6 nitrogen and oxygen atoms in total. The van der Waals surface area contributed by atoms with E-state index in [2.05, 4.69) is 28.5 Å². The van der Waals surface area contributed by atoms with E-state index < -0.39 is 0 Å². The predicted octanol–water partition coefficient (Wildman–Crippen LogP) is 4.89. The minimum absolute atomic E-state index is 0.287. The highest BCUT2D eigenvalue weighted by molar-refractivity contribution is 5.95. The highest BCUT2D eigenvalue weighted by Gasteiger charge is 2.19. The van der Waals surface area contributed by atoms with Gasteiger partial charge in [0.2, 0.25) is 0 Å². The molecule has 0 amide bonds. The number of hydrogen-bond donors (Lipinski definition) is 0. The Balaban J connectivity index is 1.70. The molecule has 0 saturated heterocycles. The van der Waals surface area contributed by atoms with Crippen molar-refractivity contribution in [2.75, 3.05) is 6.61 Å². The number of hydrogen-bond acceptors (Lipinski definition) is 4. The number of halogens is 1. The maximum Gasteiger partial charge on any atom is 0.182 e. The zero-order chi connectivity index (χ0) is 20.8. The van der Waals surface area contributed by atoms with Gasteiger partial charge in [-0.25, -0.2) is 18.9 Å². The van der Waals surface area contributed by atoms with Crippen LogP contribution in [-0.4, -0.2) is 30.8 Å². The van der Waals surface area contributed by atoms with Crippen molar-refractivity contribution in [1.82, 2.24) is 24.1 Å². The molecule has 0 bridgehead atoms. The topological polar surface area (TPSA) is 57.2 Å². The summed E-state index contributed by atoms with van der Waals surface area (Å²) in [6, 6.07) is 14.1. The van der Waals surface area contributed by atoms with E-state index in [9.17, 15) is 4.39 Å². The lowest BCUT2D eigenvalue weighted by molar-refractivity contribution is 0.340. The Kier molecular flexibility index (Phi) is 4.24. The standard InChI is InChI=1S/C23H20FN5O/c1-4-30-19-11-9-18(10-12-19)29-15(3)14(2)20-22(29)25-13-28-23(20)26-21(27-28)16-5-7-17(24)8-6-16/h5-13H,4H2,1-3H3. The largest absolute Gasteiger partial charge is 0.494 e. The van der Waals surface area contributed by atoms with Crippen molar-refractivity contribution < 1.29 is 9.13 Å². The molecule has 5 rings (SSSR count). The van der Waals surface area contributed by atoms with Crippen LogP contribution in [0.2, 0.25) is 0 Å². The molecular formula is C23H20FN5O. The Morgan fingerprint density at radius 3 is 2.40 bits per heavy atom. The summed E-state index contributed by atoms with van der Waals surface area (Å²) >= 11 is 0. The molecule has 0 spiro atoms. The first-order chi connectivity index (χ1) is 14.6. The number of benzene rings is 2. The zero-order valence-electron chi connectivity index (χ0n) is 16.9. The molecule has 0 aliphatic heterocycles. The van der Waals surface area contributed by atoms with Gasteiger partial charge in [0, 0.05) is 16.9 Å². The van der Waals surface area contributed by atoms with Gasteiger partial charge >= 0.3 is 0 Å². The molecule has 0 unspecified atom stereocenters. The highest BCUT2D eigenvalue weighted by atomic mass is 19.1. The van der Waals surface area contributed by atoms with E-state index in [1.54, 1.807) is 23.0 Å². The first-order valence-electron chi connectivity index (χ1n) is 9.79. The SMILES string of the molecule is CCOc1ccc(-n2c(C)c(C)c3c2ncn2nc(-c4ccc(F)cc4)nc32)cc1. The predicted molar refractivity (Wildman–Crippen MR) is 114 cm³/mol. The molecular weight excluding hydrogens is 381 g/mol.